The average molecular weight is 312 g/mol. The highest BCUT2D eigenvalue weighted by Crippen LogP contribution is 2.22. The number of piperidine rings is 2. The average Bonchev–Trinajstić information content (AvgIpc) is 2.55. The van der Waals surface area contributed by atoms with Crippen molar-refractivity contribution in [2.45, 2.75) is 45.4 Å². The van der Waals surface area contributed by atoms with E-state index in [0.29, 0.717) is 12.3 Å². The number of nitrogens with zero attached hydrogens (tertiary/aromatic N) is 2. The Hall–Kier alpha value is -0.710. The van der Waals surface area contributed by atoms with Crippen LogP contribution in [0.2, 0.25) is 0 Å². The highest BCUT2D eigenvalue weighted by Gasteiger charge is 2.30. The highest BCUT2D eigenvalue weighted by atomic mass is 32.2. The standard InChI is InChI=1S/C16H28N2O2S/c1-2-21-13-8-15(19)17-11-6-14(7-12-17)16(20)18-9-4-3-5-10-18/h14H,2-13H2,1H3. The van der Waals surface area contributed by atoms with E-state index in [-0.39, 0.29) is 11.8 Å². The van der Waals surface area contributed by atoms with Crippen LogP contribution in [0.1, 0.15) is 45.4 Å². The van der Waals surface area contributed by atoms with Gasteiger partial charge in [0.05, 0.1) is 0 Å². The molecule has 2 rings (SSSR count). The fourth-order valence-corrected chi connectivity index (χ4v) is 3.82. The fraction of sp³-hybridized carbons (Fsp3) is 0.875. The molecular weight excluding hydrogens is 284 g/mol. The van der Waals surface area contributed by atoms with Gasteiger partial charge in [-0.15, -0.1) is 0 Å². The van der Waals surface area contributed by atoms with Gasteiger partial charge in [0.1, 0.15) is 0 Å². The molecule has 0 spiro atoms. The Balaban J connectivity index is 1.72. The van der Waals surface area contributed by atoms with Crippen LogP contribution in [0.3, 0.4) is 0 Å². The second-order valence-corrected chi connectivity index (χ2v) is 7.38. The van der Waals surface area contributed by atoms with E-state index in [1.54, 1.807) is 0 Å². The van der Waals surface area contributed by atoms with Crippen molar-refractivity contribution in [3.05, 3.63) is 0 Å². The van der Waals surface area contributed by atoms with Gasteiger partial charge in [0.2, 0.25) is 11.8 Å². The number of carbonyl (C=O) groups is 2. The molecule has 2 heterocycles. The van der Waals surface area contributed by atoms with Crippen molar-refractivity contribution in [3.63, 3.8) is 0 Å². The molecule has 0 aromatic heterocycles. The van der Waals surface area contributed by atoms with E-state index in [1.807, 2.05) is 21.6 Å². The minimum Gasteiger partial charge on any atom is -0.343 e. The Morgan fingerprint density at radius 3 is 2.29 bits per heavy atom. The Bertz CT molecular complexity index is 348. The fourth-order valence-electron chi connectivity index (χ4n) is 3.21. The van der Waals surface area contributed by atoms with Gasteiger partial charge in [-0.1, -0.05) is 6.92 Å². The van der Waals surface area contributed by atoms with E-state index in [0.717, 1.165) is 63.4 Å². The van der Waals surface area contributed by atoms with Crippen LogP contribution in [-0.2, 0) is 9.59 Å². The number of amides is 2. The van der Waals surface area contributed by atoms with Crippen molar-refractivity contribution in [2.24, 2.45) is 5.92 Å². The molecule has 4 nitrogen and oxygen atoms in total. The summed E-state index contributed by atoms with van der Waals surface area (Å²) in [6.07, 6.45) is 5.90. The number of carbonyl (C=O) groups excluding carboxylic acids is 2. The molecule has 0 unspecified atom stereocenters. The van der Waals surface area contributed by atoms with Gasteiger partial charge >= 0.3 is 0 Å². The first-order valence-corrected chi connectivity index (χ1v) is 9.52. The van der Waals surface area contributed by atoms with Gasteiger partial charge in [-0.25, -0.2) is 0 Å². The van der Waals surface area contributed by atoms with Crippen LogP contribution in [0.15, 0.2) is 0 Å². The van der Waals surface area contributed by atoms with Crippen molar-refractivity contribution < 1.29 is 9.59 Å². The van der Waals surface area contributed by atoms with E-state index < -0.39 is 0 Å². The zero-order chi connectivity index (χ0) is 15.1. The molecule has 0 atom stereocenters. The summed E-state index contributed by atoms with van der Waals surface area (Å²) >= 11 is 1.82. The Morgan fingerprint density at radius 1 is 1.00 bits per heavy atom. The van der Waals surface area contributed by atoms with E-state index >= 15 is 0 Å². The Labute approximate surface area is 132 Å². The van der Waals surface area contributed by atoms with Crippen LogP contribution in [0, 0.1) is 5.92 Å². The molecule has 2 saturated heterocycles. The van der Waals surface area contributed by atoms with Gasteiger partial charge in [0, 0.05) is 44.3 Å². The number of hydrogen-bond acceptors (Lipinski definition) is 3. The summed E-state index contributed by atoms with van der Waals surface area (Å²) in [6.45, 7) is 5.52. The summed E-state index contributed by atoms with van der Waals surface area (Å²) in [5, 5.41) is 0. The molecule has 2 amide bonds. The quantitative estimate of drug-likeness (QED) is 0.732. The predicted octanol–water partition coefficient (Wildman–Crippen LogP) is 2.38. The summed E-state index contributed by atoms with van der Waals surface area (Å²) in [4.78, 5) is 28.5. The van der Waals surface area contributed by atoms with Crippen LogP contribution in [-0.4, -0.2) is 59.3 Å². The summed E-state index contributed by atoms with van der Waals surface area (Å²) in [5.74, 6) is 2.74. The van der Waals surface area contributed by atoms with Gasteiger partial charge in [0.25, 0.3) is 0 Å². The zero-order valence-electron chi connectivity index (χ0n) is 13.2. The summed E-state index contributed by atoms with van der Waals surface area (Å²) in [5.41, 5.74) is 0. The normalized spacial score (nSPS) is 20.6. The van der Waals surface area contributed by atoms with Crippen molar-refractivity contribution >= 4 is 23.6 Å². The minimum atomic E-state index is 0.150. The third-order valence-electron chi connectivity index (χ3n) is 4.53. The maximum atomic E-state index is 12.5. The monoisotopic (exact) mass is 312 g/mol. The zero-order valence-corrected chi connectivity index (χ0v) is 14.0. The van der Waals surface area contributed by atoms with Crippen LogP contribution < -0.4 is 0 Å². The lowest BCUT2D eigenvalue weighted by atomic mass is 9.94. The van der Waals surface area contributed by atoms with E-state index in [4.69, 9.17) is 0 Å². The summed E-state index contributed by atoms with van der Waals surface area (Å²) < 4.78 is 0. The molecule has 0 aromatic carbocycles. The van der Waals surface area contributed by atoms with Gasteiger partial charge < -0.3 is 9.80 Å². The van der Waals surface area contributed by atoms with Crippen molar-refractivity contribution in [1.82, 2.24) is 9.80 Å². The minimum absolute atomic E-state index is 0.150. The van der Waals surface area contributed by atoms with E-state index in [2.05, 4.69) is 6.92 Å². The van der Waals surface area contributed by atoms with Crippen molar-refractivity contribution in [3.8, 4) is 0 Å². The van der Waals surface area contributed by atoms with Crippen LogP contribution in [0.25, 0.3) is 0 Å². The molecule has 0 radical (unpaired) electrons. The second-order valence-electron chi connectivity index (χ2n) is 5.99. The maximum Gasteiger partial charge on any atom is 0.225 e. The molecule has 21 heavy (non-hydrogen) atoms. The van der Waals surface area contributed by atoms with Gasteiger partial charge in [-0.3, -0.25) is 9.59 Å². The SMILES string of the molecule is CCSCCC(=O)N1CCC(C(=O)N2CCCCC2)CC1. The first-order valence-electron chi connectivity index (χ1n) is 8.36. The molecule has 0 saturated carbocycles. The molecule has 2 fully saturated rings. The smallest absolute Gasteiger partial charge is 0.225 e. The molecule has 2 aliphatic heterocycles. The van der Waals surface area contributed by atoms with Crippen molar-refractivity contribution in [1.29, 1.82) is 0 Å². The number of likely N-dealkylation sites (tertiary alicyclic amines) is 2. The Morgan fingerprint density at radius 2 is 1.67 bits per heavy atom. The largest absolute Gasteiger partial charge is 0.343 e. The number of rotatable bonds is 5. The second kappa shape index (κ2) is 8.66. The topological polar surface area (TPSA) is 40.6 Å². The summed E-state index contributed by atoms with van der Waals surface area (Å²) in [6, 6.07) is 0. The van der Waals surface area contributed by atoms with E-state index in [9.17, 15) is 9.59 Å². The van der Waals surface area contributed by atoms with Gasteiger partial charge in [-0.2, -0.15) is 11.8 Å². The molecule has 0 aromatic rings. The van der Waals surface area contributed by atoms with Gasteiger partial charge in [0.15, 0.2) is 0 Å². The number of thioether (sulfide) groups is 1. The lowest BCUT2D eigenvalue weighted by Gasteiger charge is -2.35. The van der Waals surface area contributed by atoms with Crippen LogP contribution in [0.5, 0.6) is 0 Å². The maximum absolute atomic E-state index is 12.5. The number of hydrogen-bond donors (Lipinski definition) is 0. The predicted molar refractivity (Wildman–Crippen MR) is 87.4 cm³/mol. The lowest BCUT2D eigenvalue weighted by molar-refractivity contribution is -0.141. The summed E-state index contributed by atoms with van der Waals surface area (Å²) in [7, 11) is 0. The lowest BCUT2D eigenvalue weighted by Crippen LogP contribution is -2.45. The molecule has 120 valence electrons. The molecule has 0 aliphatic carbocycles. The molecule has 0 bridgehead atoms. The first kappa shape index (κ1) is 16.7. The third-order valence-corrected chi connectivity index (χ3v) is 5.43. The van der Waals surface area contributed by atoms with Crippen molar-refractivity contribution in [2.75, 3.05) is 37.7 Å². The molecule has 0 N–H and O–H groups in total. The van der Waals surface area contributed by atoms with Gasteiger partial charge in [-0.05, 0) is 37.9 Å². The molecular formula is C16H28N2O2S. The molecule has 2 aliphatic rings. The third kappa shape index (κ3) is 4.90. The molecule has 5 heteroatoms. The Kier molecular flexibility index (Phi) is 6.87. The van der Waals surface area contributed by atoms with Crippen LogP contribution >= 0.6 is 11.8 Å². The highest BCUT2D eigenvalue weighted by molar-refractivity contribution is 7.99. The first-order chi connectivity index (χ1) is 10.2. The van der Waals surface area contributed by atoms with E-state index in [1.165, 1.54) is 6.42 Å². The van der Waals surface area contributed by atoms with Crippen LogP contribution in [0.4, 0.5) is 0 Å².